The van der Waals surface area contributed by atoms with Crippen molar-refractivity contribution in [2.45, 2.75) is 13.8 Å². The molecule has 0 unspecified atom stereocenters. The highest BCUT2D eigenvalue weighted by Crippen LogP contribution is 2.41. The minimum absolute atomic E-state index is 0.247. The van der Waals surface area contributed by atoms with Crippen LogP contribution in [0.2, 0.25) is 0 Å². The van der Waals surface area contributed by atoms with E-state index in [2.05, 4.69) is 106 Å². The molecule has 18 rings (SSSR count). The van der Waals surface area contributed by atoms with Gasteiger partial charge in [0.1, 0.15) is 39.1 Å². The summed E-state index contributed by atoms with van der Waals surface area (Å²) in [5.41, 5.74) is 16.8. The molecule has 0 saturated heterocycles. The number of nitrogens with zero attached hydrogens (tertiary/aromatic N) is 6. The standard InChI is InChI=1S/C45H27N3O4.C37H23N3O2.C2H6/c49-44-46-43(30-22-20-28(21-23-30)33-14-8-18-39-41(33)35-12-4-6-16-37(35)51-39)47(45(50)48(44)31-10-2-1-3-11-31)32-26-24-29(25-27-32)34-15-9-19-40-42(34)36-13-5-7-17-38(36)52-40;41-37-39-36(27-10-5-2-6-11-27)38-34-21-19-29(23-40(34)37)30-12-7-13-33-35(30)31-22-28(18-20-32(31)42-33)26-16-14-25(15-17-26)24-8-3-1-4-9-24;1-2/h1-27H;1-23H;1-2H3. The molecule has 0 radical (unpaired) electrons. The number of rotatable bonds is 9. The van der Waals surface area contributed by atoms with E-state index < -0.39 is 11.4 Å². The van der Waals surface area contributed by atoms with Crippen molar-refractivity contribution >= 4 is 71.5 Å². The van der Waals surface area contributed by atoms with Gasteiger partial charge in [-0.05, 0) is 134 Å². The van der Waals surface area contributed by atoms with Crippen LogP contribution in [0.25, 0.3) is 161 Å². The second kappa shape index (κ2) is 24.5. The van der Waals surface area contributed by atoms with Gasteiger partial charge < -0.3 is 13.3 Å². The molecule has 0 spiro atoms. The number of para-hydroxylation sites is 3. The van der Waals surface area contributed by atoms with E-state index >= 15 is 0 Å². The van der Waals surface area contributed by atoms with Crippen molar-refractivity contribution in [1.29, 1.82) is 0 Å². The van der Waals surface area contributed by atoms with Gasteiger partial charge in [0.05, 0.1) is 11.4 Å². The molecule has 0 N–H and O–H groups in total. The molecule has 0 amide bonds. The first-order chi connectivity index (χ1) is 47.3. The molecule has 12 heteroatoms. The number of hydrogen-bond acceptors (Lipinski definition) is 9. The molecule has 458 valence electrons. The van der Waals surface area contributed by atoms with Crippen LogP contribution in [-0.4, -0.2) is 28.5 Å². The number of hydrogen-bond donors (Lipinski definition) is 0. The Kier molecular flexibility index (Phi) is 14.8. The Morgan fingerprint density at radius 1 is 0.292 bits per heavy atom. The maximum atomic E-state index is 14.4. The average molecular weight is 1250 g/mol. The highest BCUT2D eigenvalue weighted by Gasteiger charge is 2.21. The molecule has 0 saturated carbocycles. The number of benzene rings is 12. The van der Waals surface area contributed by atoms with Gasteiger partial charge in [-0.2, -0.15) is 9.97 Å². The van der Waals surface area contributed by atoms with Crippen LogP contribution in [0.5, 0.6) is 0 Å². The number of fused-ring (bicyclic) bond motifs is 10. The Hall–Kier alpha value is -13.1. The summed E-state index contributed by atoms with van der Waals surface area (Å²) in [6.07, 6.45) is 1.81. The molecule has 6 heterocycles. The van der Waals surface area contributed by atoms with Crippen LogP contribution in [0.1, 0.15) is 13.8 Å². The van der Waals surface area contributed by atoms with Crippen molar-refractivity contribution in [2.75, 3.05) is 0 Å². The van der Waals surface area contributed by atoms with Gasteiger partial charge in [0.15, 0.2) is 11.6 Å². The van der Waals surface area contributed by atoms with E-state index in [1.54, 1.807) is 24.3 Å². The normalized spacial score (nSPS) is 11.4. The SMILES string of the molecule is CC.O=c1nc(-c2ccc(-c3cccc4oc5ccccc5c34)cc2)n(-c2ccc(-c3cccc4oc5ccccc5c34)cc2)c(=O)n1-c1ccccc1.O=c1nc(-c2ccccc2)nc2ccc(-c3cccc4oc5ccc(-c6ccc(-c7ccccc7)cc6)cc5c34)cn12. The summed E-state index contributed by atoms with van der Waals surface area (Å²) in [4.78, 5) is 54.6. The van der Waals surface area contributed by atoms with Crippen LogP contribution in [0.4, 0.5) is 0 Å². The predicted octanol–water partition coefficient (Wildman–Crippen LogP) is 19.9. The molecular weight excluding hydrogens is 1190 g/mol. The van der Waals surface area contributed by atoms with E-state index in [0.29, 0.717) is 28.4 Å². The molecule has 0 aliphatic carbocycles. The van der Waals surface area contributed by atoms with E-state index in [4.69, 9.17) is 13.3 Å². The molecule has 0 atom stereocenters. The van der Waals surface area contributed by atoms with Crippen molar-refractivity contribution < 1.29 is 13.3 Å². The summed E-state index contributed by atoms with van der Waals surface area (Å²) in [5, 5.41) is 6.17. The van der Waals surface area contributed by atoms with Gasteiger partial charge in [0.2, 0.25) is 0 Å². The maximum absolute atomic E-state index is 14.4. The Morgan fingerprint density at radius 3 is 1.29 bits per heavy atom. The van der Waals surface area contributed by atoms with Crippen LogP contribution in [0.3, 0.4) is 0 Å². The van der Waals surface area contributed by atoms with Crippen LogP contribution in [-0.2, 0) is 0 Å². The molecule has 0 bridgehead atoms. The third-order valence-electron chi connectivity index (χ3n) is 17.4. The molecule has 0 aliphatic heterocycles. The van der Waals surface area contributed by atoms with Crippen molar-refractivity contribution in [3.63, 3.8) is 0 Å². The second-order valence-electron chi connectivity index (χ2n) is 23.0. The van der Waals surface area contributed by atoms with E-state index in [1.165, 1.54) is 20.1 Å². The highest BCUT2D eigenvalue weighted by atomic mass is 16.3. The van der Waals surface area contributed by atoms with Crippen LogP contribution < -0.4 is 17.1 Å². The summed E-state index contributed by atoms with van der Waals surface area (Å²) in [7, 11) is 0. The highest BCUT2D eigenvalue weighted by molar-refractivity contribution is 6.15. The minimum Gasteiger partial charge on any atom is -0.456 e. The molecule has 12 nitrogen and oxygen atoms in total. The fraction of sp³-hybridized carbons (Fsp3) is 0.0238. The molecule has 96 heavy (non-hydrogen) atoms. The third kappa shape index (κ3) is 10.4. The molecule has 0 fully saturated rings. The third-order valence-corrected chi connectivity index (χ3v) is 17.4. The van der Waals surface area contributed by atoms with E-state index in [-0.39, 0.29) is 11.5 Å². The Labute approximate surface area is 548 Å². The summed E-state index contributed by atoms with van der Waals surface area (Å²) in [6.45, 7) is 4.00. The van der Waals surface area contributed by atoms with Gasteiger partial charge in [-0.25, -0.2) is 28.5 Å². The number of pyridine rings is 1. The van der Waals surface area contributed by atoms with Crippen molar-refractivity contribution in [2.24, 2.45) is 0 Å². The molecule has 18 aromatic rings. The predicted molar refractivity (Wildman–Crippen MR) is 386 cm³/mol. The Balaban J connectivity index is 0.000000150. The van der Waals surface area contributed by atoms with Crippen LogP contribution in [0.15, 0.2) is 331 Å². The smallest absolute Gasteiger partial charge is 0.358 e. The zero-order valence-electron chi connectivity index (χ0n) is 52.0. The van der Waals surface area contributed by atoms with Gasteiger partial charge in [-0.3, -0.25) is 4.40 Å². The maximum Gasteiger partial charge on any atom is 0.358 e. The van der Waals surface area contributed by atoms with Crippen molar-refractivity contribution in [3.05, 3.63) is 335 Å². The van der Waals surface area contributed by atoms with Crippen molar-refractivity contribution in [3.8, 4) is 89.8 Å². The van der Waals surface area contributed by atoms with Crippen LogP contribution in [0, 0.1) is 0 Å². The van der Waals surface area contributed by atoms with Crippen LogP contribution >= 0.6 is 0 Å². The lowest BCUT2D eigenvalue weighted by molar-refractivity contribution is 0.668. The fourth-order valence-corrected chi connectivity index (χ4v) is 12.9. The summed E-state index contributed by atoms with van der Waals surface area (Å²) >= 11 is 0. The summed E-state index contributed by atoms with van der Waals surface area (Å²) in [6, 6.07) is 97.2. The second-order valence-corrected chi connectivity index (χ2v) is 23.0. The topological polar surface area (TPSA) is 144 Å². The lowest BCUT2D eigenvalue weighted by atomic mass is 9.97. The van der Waals surface area contributed by atoms with Gasteiger partial charge >= 0.3 is 17.1 Å². The minimum atomic E-state index is -0.656. The molecule has 12 aromatic carbocycles. The molecule has 6 aromatic heterocycles. The fourth-order valence-electron chi connectivity index (χ4n) is 12.9. The van der Waals surface area contributed by atoms with E-state index in [0.717, 1.165) is 120 Å². The quantitative estimate of drug-likeness (QED) is 0.138. The average Bonchev–Trinajstić information content (AvgIpc) is 1.15. The molecule has 0 aliphatic rings. The van der Waals surface area contributed by atoms with Gasteiger partial charge in [-0.1, -0.05) is 232 Å². The first-order valence-corrected chi connectivity index (χ1v) is 31.7. The lowest BCUT2D eigenvalue weighted by Crippen LogP contribution is -2.40. The number of aromatic nitrogens is 6. The Morgan fingerprint density at radius 2 is 0.708 bits per heavy atom. The Bertz CT molecular complexity index is 6150. The first kappa shape index (κ1) is 58.1. The van der Waals surface area contributed by atoms with E-state index in [1.807, 2.05) is 202 Å². The number of furan rings is 3. The van der Waals surface area contributed by atoms with Crippen molar-refractivity contribution in [1.82, 2.24) is 28.5 Å². The summed E-state index contributed by atoms with van der Waals surface area (Å²) in [5.74, 6) is 0.664. The lowest BCUT2D eigenvalue weighted by Gasteiger charge is -2.16. The van der Waals surface area contributed by atoms with E-state index in [9.17, 15) is 14.4 Å². The molecular formula is C84H56N6O6. The first-order valence-electron chi connectivity index (χ1n) is 31.7. The largest absolute Gasteiger partial charge is 0.456 e. The zero-order chi connectivity index (χ0) is 64.8. The summed E-state index contributed by atoms with van der Waals surface area (Å²) < 4.78 is 22.6. The monoisotopic (exact) mass is 1240 g/mol. The van der Waals surface area contributed by atoms with Gasteiger partial charge in [0.25, 0.3) is 0 Å². The van der Waals surface area contributed by atoms with Gasteiger partial charge in [-0.15, -0.1) is 0 Å². The zero-order valence-corrected chi connectivity index (χ0v) is 52.0. The van der Waals surface area contributed by atoms with Gasteiger partial charge in [0, 0.05) is 49.6 Å².